The smallest absolute Gasteiger partial charge is 0.143 e. The van der Waals surface area contributed by atoms with E-state index in [0.29, 0.717) is 17.5 Å². The van der Waals surface area contributed by atoms with E-state index in [1.165, 1.54) is 21.5 Å². The van der Waals surface area contributed by atoms with Crippen molar-refractivity contribution in [2.75, 3.05) is 0 Å². The molecule has 29 heavy (non-hydrogen) atoms. The van der Waals surface area contributed by atoms with E-state index in [1.807, 2.05) is 30.3 Å². The fourth-order valence-electron chi connectivity index (χ4n) is 3.11. The van der Waals surface area contributed by atoms with Crippen LogP contribution < -0.4 is 0 Å². The second-order valence-corrected chi connectivity index (χ2v) is 7.95. The Balaban J connectivity index is 0.000000170. The molecule has 0 fully saturated rings. The first-order chi connectivity index (χ1) is 13.8. The predicted molar refractivity (Wildman–Crippen MR) is 120 cm³/mol. The zero-order valence-corrected chi connectivity index (χ0v) is 17.8. The van der Waals surface area contributed by atoms with Crippen molar-refractivity contribution in [1.29, 1.82) is 0 Å². The third-order valence-corrected chi connectivity index (χ3v) is 4.84. The molecule has 1 heterocycles. The molecule has 4 aromatic rings. The lowest BCUT2D eigenvalue weighted by molar-refractivity contribution is 0.468. The SMILES string of the molecule is Cc1cc(C(C)C)cc(C(C)C)c1.Oc1ccccc1-n1nc2ccccc2n1. The van der Waals surface area contributed by atoms with Gasteiger partial charge in [0.1, 0.15) is 22.5 Å². The van der Waals surface area contributed by atoms with Crippen molar-refractivity contribution in [3.05, 3.63) is 83.4 Å². The van der Waals surface area contributed by atoms with Gasteiger partial charge < -0.3 is 5.11 Å². The number of aromatic nitrogens is 3. The number of nitrogens with zero attached hydrogens (tertiary/aromatic N) is 3. The third kappa shape index (κ3) is 5.02. The molecule has 1 N–H and O–H groups in total. The Morgan fingerprint density at radius 3 is 1.69 bits per heavy atom. The summed E-state index contributed by atoms with van der Waals surface area (Å²) >= 11 is 0. The van der Waals surface area contributed by atoms with Gasteiger partial charge in [-0.05, 0) is 54.2 Å². The maximum atomic E-state index is 9.69. The molecule has 0 atom stereocenters. The summed E-state index contributed by atoms with van der Waals surface area (Å²) in [5.41, 5.74) is 6.51. The Kier molecular flexibility index (Phi) is 6.32. The summed E-state index contributed by atoms with van der Waals surface area (Å²) in [7, 11) is 0. The van der Waals surface area contributed by atoms with Gasteiger partial charge in [-0.2, -0.15) is 0 Å². The molecular weight excluding hydrogens is 358 g/mol. The molecule has 1 aromatic heterocycles. The molecular formula is C25H29N3O. The minimum Gasteiger partial charge on any atom is -0.506 e. The first kappa shape index (κ1) is 20.6. The summed E-state index contributed by atoms with van der Waals surface area (Å²) in [5, 5.41) is 18.3. The van der Waals surface area contributed by atoms with Crippen LogP contribution in [-0.4, -0.2) is 20.1 Å². The maximum Gasteiger partial charge on any atom is 0.143 e. The second kappa shape index (κ2) is 8.91. The van der Waals surface area contributed by atoms with E-state index in [9.17, 15) is 5.11 Å². The largest absolute Gasteiger partial charge is 0.506 e. The number of hydrogen-bond acceptors (Lipinski definition) is 3. The molecule has 0 saturated heterocycles. The number of benzene rings is 3. The highest BCUT2D eigenvalue weighted by Gasteiger charge is 2.07. The van der Waals surface area contributed by atoms with Crippen molar-refractivity contribution >= 4 is 11.0 Å². The molecule has 0 unspecified atom stereocenters. The third-order valence-electron chi connectivity index (χ3n) is 4.84. The lowest BCUT2D eigenvalue weighted by Gasteiger charge is -2.12. The Labute approximate surface area is 172 Å². The average molecular weight is 388 g/mol. The summed E-state index contributed by atoms with van der Waals surface area (Å²) < 4.78 is 0. The van der Waals surface area contributed by atoms with E-state index < -0.39 is 0 Å². The van der Waals surface area contributed by atoms with Gasteiger partial charge in [-0.1, -0.05) is 75.7 Å². The number of aryl methyl sites for hydroxylation is 1. The number of fused-ring (bicyclic) bond motifs is 1. The number of hydrogen-bond donors (Lipinski definition) is 1. The molecule has 0 aliphatic carbocycles. The molecule has 3 aromatic carbocycles. The highest BCUT2D eigenvalue weighted by atomic mass is 16.3. The van der Waals surface area contributed by atoms with Gasteiger partial charge in [0.2, 0.25) is 0 Å². The molecule has 150 valence electrons. The fraction of sp³-hybridized carbons (Fsp3) is 0.280. The predicted octanol–water partition coefficient (Wildman–Crippen LogP) is 6.37. The van der Waals surface area contributed by atoms with Crippen LogP contribution in [0.3, 0.4) is 0 Å². The highest BCUT2D eigenvalue weighted by Crippen LogP contribution is 2.23. The Morgan fingerprint density at radius 1 is 0.724 bits per heavy atom. The summed E-state index contributed by atoms with van der Waals surface area (Å²) in [6.07, 6.45) is 0. The zero-order valence-electron chi connectivity index (χ0n) is 17.8. The minimum absolute atomic E-state index is 0.169. The van der Waals surface area contributed by atoms with E-state index in [4.69, 9.17) is 0 Å². The summed E-state index contributed by atoms with van der Waals surface area (Å²) in [5.74, 6) is 1.44. The maximum absolute atomic E-state index is 9.69. The molecule has 4 heteroatoms. The lowest BCUT2D eigenvalue weighted by atomic mass is 9.94. The van der Waals surface area contributed by atoms with E-state index in [-0.39, 0.29) is 5.75 Å². The molecule has 0 aliphatic rings. The topological polar surface area (TPSA) is 50.9 Å². The van der Waals surface area contributed by atoms with Gasteiger partial charge in [-0.25, -0.2) is 0 Å². The number of aromatic hydroxyl groups is 1. The van der Waals surface area contributed by atoms with Crippen molar-refractivity contribution in [2.45, 2.75) is 46.5 Å². The molecule has 0 bridgehead atoms. The van der Waals surface area contributed by atoms with Crippen LogP contribution in [0.25, 0.3) is 16.7 Å². The first-order valence-electron chi connectivity index (χ1n) is 10.1. The number of rotatable bonds is 3. The monoisotopic (exact) mass is 387 g/mol. The zero-order chi connectivity index (χ0) is 21.0. The van der Waals surface area contributed by atoms with Crippen LogP contribution >= 0.6 is 0 Å². The van der Waals surface area contributed by atoms with Crippen molar-refractivity contribution in [3.8, 4) is 11.4 Å². The van der Waals surface area contributed by atoms with Crippen LogP contribution in [-0.2, 0) is 0 Å². The van der Waals surface area contributed by atoms with E-state index in [0.717, 1.165) is 11.0 Å². The molecule has 4 nitrogen and oxygen atoms in total. The van der Waals surface area contributed by atoms with Gasteiger partial charge in [0.25, 0.3) is 0 Å². The van der Waals surface area contributed by atoms with Gasteiger partial charge in [0.15, 0.2) is 0 Å². The normalized spacial score (nSPS) is 11.0. The van der Waals surface area contributed by atoms with Gasteiger partial charge in [0.05, 0.1) is 0 Å². The Hall–Kier alpha value is -3.14. The molecule has 0 aliphatic heterocycles. The molecule has 4 rings (SSSR count). The van der Waals surface area contributed by atoms with Gasteiger partial charge in [-0.3, -0.25) is 0 Å². The summed E-state index contributed by atoms with van der Waals surface area (Å²) in [6, 6.07) is 21.5. The van der Waals surface area contributed by atoms with Crippen LogP contribution in [0, 0.1) is 6.92 Å². The van der Waals surface area contributed by atoms with Crippen molar-refractivity contribution in [3.63, 3.8) is 0 Å². The van der Waals surface area contributed by atoms with Crippen molar-refractivity contribution < 1.29 is 5.11 Å². The quantitative estimate of drug-likeness (QED) is 0.444. The molecule has 0 saturated carbocycles. The molecule has 0 radical (unpaired) electrons. The van der Waals surface area contributed by atoms with Gasteiger partial charge in [0, 0.05) is 0 Å². The second-order valence-electron chi connectivity index (χ2n) is 7.95. The Bertz CT molecular complexity index is 1040. The lowest BCUT2D eigenvalue weighted by Crippen LogP contribution is -1.98. The van der Waals surface area contributed by atoms with Gasteiger partial charge in [-0.15, -0.1) is 15.0 Å². The van der Waals surface area contributed by atoms with Crippen molar-refractivity contribution in [1.82, 2.24) is 15.0 Å². The van der Waals surface area contributed by atoms with Crippen molar-refractivity contribution in [2.24, 2.45) is 0 Å². The minimum atomic E-state index is 0.169. The molecule has 0 amide bonds. The summed E-state index contributed by atoms with van der Waals surface area (Å²) in [6.45, 7) is 11.2. The van der Waals surface area contributed by atoms with Crippen LogP contribution in [0.4, 0.5) is 0 Å². The molecule has 0 spiro atoms. The van der Waals surface area contributed by atoms with Crippen LogP contribution in [0.5, 0.6) is 5.75 Å². The number of phenolic OH excluding ortho intramolecular Hbond substituents is 1. The highest BCUT2D eigenvalue weighted by molar-refractivity contribution is 5.73. The fourth-order valence-corrected chi connectivity index (χ4v) is 3.11. The van der Waals surface area contributed by atoms with Gasteiger partial charge >= 0.3 is 0 Å². The van der Waals surface area contributed by atoms with E-state index in [2.05, 4.69) is 63.0 Å². The number of para-hydroxylation sites is 2. The van der Waals surface area contributed by atoms with E-state index >= 15 is 0 Å². The Morgan fingerprint density at radius 2 is 1.21 bits per heavy atom. The summed E-state index contributed by atoms with van der Waals surface area (Å²) in [4.78, 5) is 1.44. The van der Waals surface area contributed by atoms with Crippen LogP contribution in [0.15, 0.2) is 66.7 Å². The standard InChI is InChI=1S/C13H20.C12H9N3O/c1-9(2)12-6-11(5)7-13(8-12)10(3)4;16-12-8-4-3-7-11(12)15-13-9-5-1-2-6-10(9)14-15/h6-10H,1-5H3;1-8,16H. The van der Waals surface area contributed by atoms with Crippen LogP contribution in [0.2, 0.25) is 0 Å². The van der Waals surface area contributed by atoms with E-state index in [1.54, 1.807) is 18.2 Å². The average Bonchev–Trinajstić information content (AvgIpc) is 3.12. The van der Waals surface area contributed by atoms with Crippen LogP contribution in [0.1, 0.15) is 56.2 Å². The first-order valence-corrected chi connectivity index (χ1v) is 10.1. The number of phenols is 1.